The molecule has 0 N–H and O–H groups in total. The molecule has 10 heteroatoms. The summed E-state index contributed by atoms with van der Waals surface area (Å²) in [6.45, 7) is 0. The molecule has 1 aromatic carbocycles. The second kappa shape index (κ2) is 8.07. The second-order valence-corrected chi connectivity index (χ2v) is 8.96. The molecule has 4 aromatic rings. The molecule has 5 heterocycles. The first-order chi connectivity index (χ1) is 16.9. The standard InChI is InChI=1S/C25H21F3N6O/c1-32-24(14-10-18(26)22(28)19(27)11-14)17-12-16-4-2-5-21(23(17)31-32)34(16)25(35)20-13-15(6-8-29-20)33-9-3-7-30-33/h3,6-11,13,16,21H,2,4-5,12H2,1H3/t16-,21+/m0/s1. The first-order valence-corrected chi connectivity index (χ1v) is 11.4. The molecule has 35 heavy (non-hydrogen) atoms. The van der Waals surface area contributed by atoms with Crippen LogP contribution < -0.4 is 0 Å². The van der Waals surface area contributed by atoms with E-state index in [1.807, 2.05) is 4.90 Å². The number of pyridine rings is 1. The lowest BCUT2D eigenvalue weighted by molar-refractivity contribution is 0.0386. The van der Waals surface area contributed by atoms with Gasteiger partial charge in [-0.25, -0.2) is 17.9 Å². The predicted molar refractivity (Wildman–Crippen MR) is 120 cm³/mol. The van der Waals surface area contributed by atoms with Gasteiger partial charge >= 0.3 is 0 Å². The van der Waals surface area contributed by atoms with E-state index in [9.17, 15) is 18.0 Å². The van der Waals surface area contributed by atoms with Gasteiger partial charge in [0.1, 0.15) is 5.69 Å². The SMILES string of the molecule is Cn1nc2c(c1-c1cc(F)c(F)c(F)c1)C[C@@H]1CCC[C@H]2N1C(=O)c1cc(-n2cccn2)ccn1. The van der Waals surface area contributed by atoms with Crippen molar-refractivity contribution in [1.29, 1.82) is 0 Å². The van der Waals surface area contributed by atoms with Gasteiger partial charge in [0.15, 0.2) is 17.5 Å². The number of piperidine rings is 1. The number of hydrogen-bond donors (Lipinski definition) is 0. The highest BCUT2D eigenvalue weighted by atomic mass is 19.2. The maximum absolute atomic E-state index is 14.0. The minimum atomic E-state index is -1.50. The third-order valence-electron chi connectivity index (χ3n) is 6.90. The van der Waals surface area contributed by atoms with Crippen molar-refractivity contribution in [2.75, 3.05) is 0 Å². The summed E-state index contributed by atoms with van der Waals surface area (Å²) in [5, 5.41) is 8.88. The summed E-state index contributed by atoms with van der Waals surface area (Å²) in [6.07, 6.45) is 7.98. The highest BCUT2D eigenvalue weighted by Crippen LogP contribution is 2.45. The normalized spacial score (nSPS) is 19.0. The number of fused-ring (bicyclic) bond motifs is 4. The van der Waals surface area contributed by atoms with E-state index in [0.717, 1.165) is 42.6 Å². The lowest BCUT2D eigenvalue weighted by Crippen LogP contribution is -2.50. The van der Waals surface area contributed by atoms with Crippen LogP contribution in [0.3, 0.4) is 0 Å². The van der Waals surface area contributed by atoms with Gasteiger partial charge in [-0.15, -0.1) is 0 Å². The third-order valence-corrected chi connectivity index (χ3v) is 6.90. The highest BCUT2D eigenvalue weighted by molar-refractivity contribution is 5.93. The molecule has 7 nitrogen and oxygen atoms in total. The number of amides is 1. The van der Waals surface area contributed by atoms with Crippen molar-refractivity contribution in [2.45, 2.75) is 37.8 Å². The molecule has 2 aliphatic heterocycles. The Morgan fingerprint density at radius 3 is 2.63 bits per heavy atom. The van der Waals surface area contributed by atoms with Gasteiger partial charge in [-0.1, -0.05) is 0 Å². The predicted octanol–water partition coefficient (Wildman–Crippen LogP) is 4.38. The molecule has 0 saturated carbocycles. The Hall–Kier alpha value is -3.95. The van der Waals surface area contributed by atoms with Crippen LogP contribution in [0, 0.1) is 17.5 Å². The number of rotatable bonds is 3. The van der Waals surface area contributed by atoms with E-state index in [4.69, 9.17) is 0 Å². The monoisotopic (exact) mass is 478 g/mol. The maximum atomic E-state index is 14.0. The minimum absolute atomic E-state index is 0.109. The number of nitrogens with zero attached hydrogens (tertiary/aromatic N) is 6. The average Bonchev–Trinajstić information content (AvgIpc) is 3.50. The fraction of sp³-hybridized carbons (Fsp3) is 0.280. The van der Waals surface area contributed by atoms with Crippen molar-refractivity contribution in [3.8, 4) is 16.9 Å². The molecule has 2 aliphatic rings. The summed E-state index contributed by atoms with van der Waals surface area (Å²) in [7, 11) is 1.69. The molecule has 2 bridgehead atoms. The van der Waals surface area contributed by atoms with E-state index in [-0.39, 0.29) is 23.6 Å². The maximum Gasteiger partial charge on any atom is 0.273 e. The smallest absolute Gasteiger partial charge is 0.273 e. The molecular weight excluding hydrogens is 457 g/mol. The molecular formula is C25H21F3N6O. The molecule has 0 unspecified atom stereocenters. The zero-order chi connectivity index (χ0) is 24.3. The number of aromatic nitrogens is 5. The zero-order valence-corrected chi connectivity index (χ0v) is 18.8. The number of aryl methyl sites for hydroxylation is 1. The van der Waals surface area contributed by atoms with Crippen LogP contribution in [-0.4, -0.2) is 41.4 Å². The van der Waals surface area contributed by atoms with Gasteiger partial charge in [-0.05, 0) is 56.0 Å². The second-order valence-electron chi connectivity index (χ2n) is 8.96. The minimum Gasteiger partial charge on any atom is -0.325 e. The first-order valence-electron chi connectivity index (χ1n) is 11.4. The van der Waals surface area contributed by atoms with Crippen molar-refractivity contribution in [2.24, 2.45) is 7.05 Å². The topological polar surface area (TPSA) is 68.8 Å². The Morgan fingerprint density at radius 1 is 1.09 bits per heavy atom. The molecule has 0 aliphatic carbocycles. The third kappa shape index (κ3) is 3.43. The lowest BCUT2D eigenvalue weighted by Gasteiger charge is -2.45. The molecule has 1 saturated heterocycles. The summed E-state index contributed by atoms with van der Waals surface area (Å²) < 4.78 is 44.8. The zero-order valence-electron chi connectivity index (χ0n) is 18.8. The number of halogens is 3. The lowest BCUT2D eigenvalue weighted by atomic mass is 9.81. The van der Waals surface area contributed by atoms with Crippen molar-refractivity contribution in [1.82, 2.24) is 29.4 Å². The fourth-order valence-electron chi connectivity index (χ4n) is 5.43. The molecule has 1 fully saturated rings. The van der Waals surface area contributed by atoms with Crippen LogP contribution >= 0.6 is 0 Å². The highest BCUT2D eigenvalue weighted by Gasteiger charge is 2.44. The molecule has 2 atom stereocenters. The number of carbonyl (C=O) groups is 1. The first kappa shape index (κ1) is 21.6. The van der Waals surface area contributed by atoms with E-state index >= 15 is 0 Å². The molecule has 1 amide bonds. The van der Waals surface area contributed by atoms with Gasteiger partial charge in [0.2, 0.25) is 0 Å². The van der Waals surface area contributed by atoms with E-state index in [0.29, 0.717) is 23.5 Å². The van der Waals surface area contributed by atoms with Crippen LogP contribution in [0.5, 0.6) is 0 Å². The van der Waals surface area contributed by atoms with E-state index in [2.05, 4.69) is 15.2 Å². The average molecular weight is 478 g/mol. The Bertz CT molecular complexity index is 1420. The van der Waals surface area contributed by atoms with Gasteiger partial charge in [-0.3, -0.25) is 14.5 Å². The molecule has 3 aromatic heterocycles. The van der Waals surface area contributed by atoms with Crippen molar-refractivity contribution in [3.05, 3.63) is 83.3 Å². The van der Waals surface area contributed by atoms with Crippen LogP contribution in [0.15, 0.2) is 48.9 Å². The summed E-state index contributed by atoms with van der Waals surface area (Å²) in [6, 6.07) is 6.90. The van der Waals surface area contributed by atoms with Gasteiger partial charge in [0, 0.05) is 42.8 Å². The van der Waals surface area contributed by atoms with Crippen molar-refractivity contribution >= 4 is 5.91 Å². The van der Waals surface area contributed by atoms with Gasteiger partial charge < -0.3 is 4.90 Å². The Kier molecular flexibility index (Phi) is 4.98. The molecule has 0 radical (unpaired) electrons. The largest absolute Gasteiger partial charge is 0.325 e. The van der Waals surface area contributed by atoms with E-state index in [1.54, 1.807) is 53.2 Å². The van der Waals surface area contributed by atoms with Crippen LogP contribution in [0.4, 0.5) is 13.2 Å². The van der Waals surface area contributed by atoms with Crippen molar-refractivity contribution in [3.63, 3.8) is 0 Å². The quantitative estimate of drug-likeness (QED) is 0.410. The number of benzene rings is 1. The van der Waals surface area contributed by atoms with Crippen LogP contribution in [0.25, 0.3) is 16.9 Å². The van der Waals surface area contributed by atoms with E-state index < -0.39 is 17.5 Å². The Labute approximate surface area is 198 Å². The van der Waals surface area contributed by atoms with Gasteiger partial charge in [0.05, 0.1) is 23.1 Å². The molecule has 6 rings (SSSR count). The summed E-state index contributed by atoms with van der Waals surface area (Å²) in [5.41, 5.74) is 3.37. The number of carbonyl (C=O) groups excluding carboxylic acids is 1. The van der Waals surface area contributed by atoms with Crippen LogP contribution in [-0.2, 0) is 13.5 Å². The van der Waals surface area contributed by atoms with Crippen LogP contribution in [0.1, 0.15) is 47.1 Å². The van der Waals surface area contributed by atoms with Crippen LogP contribution in [0.2, 0.25) is 0 Å². The van der Waals surface area contributed by atoms with Gasteiger partial charge in [0.25, 0.3) is 5.91 Å². The molecule has 178 valence electrons. The number of hydrogen-bond acceptors (Lipinski definition) is 4. The summed E-state index contributed by atoms with van der Waals surface area (Å²) >= 11 is 0. The summed E-state index contributed by atoms with van der Waals surface area (Å²) in [5.74, 6) is -4.18. The summed E-state index contributed by atoms with van der Waals surface area (Å²) in [4.78, 5) is 19.9. The Balaban J connectivity index is 1.40. The van der Waals surface area contributed by atoms with Gasteiger partial charge in [-0.2, -0.15) is 10.2 Å². The fourth-order valence-corrected chi connectivity index (χ4v) is 5.43. The Morgan fingerprint density at radius 2 is 1.89 bits per heavy atom. The van der Waals surface area contributed by atoms with E-state index in [1.165, 1.54) is 0 Å². The van der Waals surface area contributed by atoms with Crippen molar-refractivity contribution < 1.29 is 18.0 Å². The molecule has 0 spiro atoms.